The van der Waals surface area contributed by atoms with Crippen LogP contribution in [0.25, 0.3) is 0 Å². The zero-order valence-corrected chi connectivity index (χ0v) is 12.0. The molecular weight excluding hydrogens is 272 g/mol. The van der Waals surface area contributed by atoms with Crippen LogP contribution >= 0.6 is 0 Å². The van der Waals surface area contributed by atoms with Crippen molar-refractivity contribution in [2.75, 3.05) is 36.5 Å². The molecule has 114 valence electrons. The Hall–Kier alpha value is -2.28. The molecule has 3 amide bonds. The second-order valence-corrected chi connectivity index (χ2v) is 4.87. The fourth-order valence-corrected chi connectivity index (χ4v) is 2.16. The van der Waals surface area contributed by atoms with E-state index in [9.17, 15) is 9.59 Å². The van der Waals surface area contributed by atoms with Crippen molar-refractivity contribution >= 4 is 23.3 Å². The summed E-state index contributed by atoms with van der Waals surface area (Å²) in [6, 6.07) is 6.38. The first-order chi connectivity index (χ1) is 10.1. The lowest BCUT2D eigenvalue weighted by molar-refractivity contribution is -0.120. The first-order valence-electron chi connectivity index (χ1n) is 6.86. The molecule has 0 bridgehead atoms. The van der Waals surface area contributed by atoms with E-state index < -0.39 is 18.0 Å². The van der Waals surface area contributed by atoms with E-state index in [-0.39, 0.29) is 0 Å². The van der Waals surface area contributed by atoms with Crippen molar-refractivity contribution < 1.29 is 14.3 Å². The van der Waals surface area contributed by atoms with Crippen molar-refractivity contribution in [2.24, 2.45) is 5.73 Å². The Balaban J connectivity index is 2.00. The van der Waals surface area contributed by atoms with Crippen LogP contribution in [0.5, 0.6) is 0 Å². The fraction of sp³-hybridized carbons (Fsp3) is 0.429. The molecular formula is C14H20N4O3. The minimum absolute atomic E-state index is 0.459. The van der Waals surface area contributed by atoms with E-state index in [1.54, 1.807) is 6.92 Å². The number of imide groups is 1. The smallest absolute Gasteiger partial charge is 0.318 e. The summed E-state index contributed by atoms with van der Waals surface area (Å²) in [4.78, 5) is 24.5. The van der Waals surface area contributed by atoms with Crippen LogP contribution in [-0.2, 0) is 9.53 Å². The summed E-state index contributed by atoms with van der Waals surface area (Å²) in [6.07, 6.45) is 0. The van der Waals surface area contributed by atoms with Crippen molar-refractivity contribution in [3.8, 4) is 0 Å². The van der Waals surface area contributed by atoms with Gasteiger partial charge in [-0.3, -0.25) is 10.1 Å². The number of benzene rings is 1. The molecule has 7 heteroatoms. The van der Waals surface area contributed by atoms with E-state index in [1.807, 2.05) is 24.3 Å². The third-order valence-corrected chi connectivity index (χ3v) is 3.25. The summed E-state index contributed by atoms with van der Waals surface area (Å²) < 4.78 is 5.33. The summed E-state index contributed by atoms with van der Waals surface area (Å²) in [7, 11) is 0. The molecule has 0 spiro atoms. The van der Waals surface area contributed by atoms with Crippen molar-refractivity contribution in [2.45, 2.75) is 13.0 Å². The number of primary amides is 1. The molecule has 0 saturated carbocycles. The second-order valence-electron chi connectivity index (χ2n) is 4.87. The zero-order chi connectivity index (χ0) is 15.2. The molecule has 1 heterocycles. The number of nitrogens with one attached hydrogen (secondary N) is 2. The average molecular weight is 292 g/mol. The molecule has 1 aromatic rings. The third-order valence-electron chi connectivity index (χ3n) is 3.25. The average Bonchev–Trinajstić information content (AvgIpc) is 2.47. The molecule has 2 rings (SSSR count). The number of carbonyl (C=O) groups excluding carboxylic acids is 2. The largest absolute Gasteiger partial charge is 0.378 e. The van der Waals surface area contributed by atoms with Crippen LogP contribution in [0.3, 0.4) is 0 Å². The van der Waals surface area contributed by atoms with Crippen LogP contribution in [0, 0.1) is 0 Å². The highest BCUT2D eigenvalue weighted by atomic mass is 16.5. The Bertz CT molecular complexity index is 515. The Kier molecular flexibility index (Phi) is 4.99. The first-order valence-corrected chi connectivity index (χ1v) is 6.86. The van der Waals surface area contributed by atoms with E-state index in [1.165, 1.54) is 0 Å². The minimum atomic E-state index is -0.851. The maximum absolute atomic E-state index is 11.6. The van der Waals surface area contributed by atoms with Gasteiger partial charge >= 0.3 is 6.03 Å². The van der Waals surface area contributed by atoms with E-state index in [4.69, 9.17) is 10.5 Å². The number of rotatable bonds is 4. The van der Waals surface area contributed by atoms with Crippen LogP contribution in [0.15, 0.2) is 24.3 Å². The van der Waals surface area contributed by atoms with Gasteiger partial charge in [0.25, 0.3) is 0 Å². The zero-order valence-electron chi connectivity index (χ0n) is 12.0. The van der Waals surface area contributed by atoms with E-state index >= 15 is 0 Å². The Morgan fingerprint density at radius 3 is 2.71 bits per heavy atom. The number of hydrogen-bond acceptors (Lipinski definition) is 5. The van der Waals surface area contributed by atoms with Gasteiger partial charge in [-0.25, -0.2) is 4.79 Å². The van der Waals surface area contributed by atoms with Crippen molar-refractivity contribution in [3.63, 3.8) is 0 Å². The SMILES string of the molecule is CC(Nc1cccc(N2CCOCC2)c1)C(=O)NC(N)=O. The maximum atomic E-state index is 11.6. The molecule has 1 atom stereocenters. The number of ether oxygens (including phenoxy) is 1. The maximum Gasteiger partial charge on any atom is 0.318 e. The predicted molar refractivity (Wildman–Crippen MR) is 80.3 cm³/mol. The molecule has 1 aliphatic heterocycles. The molecule has 0 aromatic heterocycles. The molecule has 1 aliphatic rings. The number of amides is 3. The Morgan fingerprint density at radius 1 is 1.33 bits per heavy atom. The number of carbonyl (C=O) groups is 2. The highest BCUT2D eigenvalue weighted by molar-refractivity contribution is 5.97. The van der Waals surface area contributed by atoms with Crippen molar-refractivity contribution in [3.05, 3.63) is 24.3 Å². The summed E-state index contributed by atoms with van der Waals surface area (Å²) in [5, 5.41) is 5.10. The number of anilines is 2. The van der Waals surface area contributed by atoms with Gasteiger partial charge in [0.15, 0.2) is 0 Å². The van der Waals surface area contributed by atoms with Gasteiger partial charge in [0.05, 0.1) is 13.2 Å². The molecule has 7 nitrogen and oxygen atoms in total. The molecule has 21 heavy (non-hydrogen) atoms. The van der Waals surface area contributed by atoms with Crippen molar-refractivity contribution in [1.29, 1.82) is 0 Å². The second kappa shape index (κ2) is 6.94. The normalized spacial score (nSPS) is 16.1. The lowest BCUT2D eigenvalue weighted by atomic mass is 10.2. The lowest BCUT2D eigenvalue weighted by Gasteiger charge is -2.29. The highest BCUT2D eigenvalue weighted by Gasteiger charge is 2.15. The molecule has 1 saturated heterocycles. The fourth-order valence-electron chi connectivity index (χ4n) is 2.16. The topological polar surface area (TPSA) is 96.7 Å². The number of hydrogen-bond donors (Lipinski definition) is 3. The molecule has 0 aliphatic carbocycles. The van der Waals surface area contributed by atoms with E-state index in [2.05, 4.69) is 15.5 Å². The monoisotopic (exact) mass is 292 g/mol. The molecule has 1 unspecified atom stereocenters. The quantitative estimate of drug-likeness (QED) is 0.751. The summed E-state index contributed by atoms with van der Waals surface area (Å²) in [5.74, 6) is -0.459. The number of nitrogens with zero attached hydrogens (tertiary/aromatic N) is 1. The minimum Gasteiger partial charge on any atom is -0.378 e. The van der Waals surface area contributed by atoms with Crippen LogP contribution in [0.2, 0.25) is 0 Å². The summed E-state index contributed by atoms with van der Waals surface area (Å²) in [6.45, 7) is 4.80. The lowest BCUT2D eigenvalue weighted by Crippen LogP contribution is -2.43. The van der Waals surface area contributed by atoms with Crippen molar-refractivity contribution in [1.82, 2.24) is 5.32 Å². The van der Waals surface area contributed by atoms with Gasteiger partial charge in [-0.15, -0.1) is 0 Å². The Labute approximate surface area is 123 Å². The molecule has 1 aromatic carbocycles. The third kappa shape index (κ3) is 4.35. The van der Waals surface area contributed by atoms with E-state index in [0.29, 0.717) is 0 Å². The van der Waals surface area contributed by atoms with Gasteiger partial charge in [-0.2, -0.15) is 0 Å². The number of morpholine rings is 1. The predicted octanol–water partition coefficient (Wildman–Crippen LogP) is 0.519. The van der Waals surface area contributed by atoms with Gasteiger partial charge in [-0.1, -0.05) is 6.07 Å². The molecule has 0 radical (unpaired) electrons. The first kappa shape index (κ1) is 15.1. The van der Waals surface area contributed by atoms with Crippen LogP contribution < -0.4 is 21.3 Å². The van der Waals surface area contributed by atoms with Gasteiger partial charge in [0.2, 0.25) is 5.91 Å². The van der Waals surface area contributed by atoms with Crippen LogP contribution in [0.1, 0.15) is 6.92 Å². The van der Waals surface area contributed by atoms with Gasteiger partial charge in [0, 0.05) is 24.5 Å². The highest BCUT2D eigenvalue weighted by Crippen LogP contribution is 2.20. The molecule has 1 fully saturated rings. The van der Waals surface area contributed by atoms with Gasteiger partial charge in [0.1, 0.15) is 6.04 Å². The van der Waals surface area contributed by atoms with Gasteiger partial charge in [-0.05, 0) is 25.1 Å². The number of nitrogens with two attached hydrogens (primary N) is 1. The van der Waals surface area contributed by atoms with Crippen LogP contribution in [-0.4, -0.2) is 44.3 Å². The van der Waals surface area contributed by atoms with Crippen LogP contribution in [0.4, 0.5) is 16.2 Å². The van der Waals surface area contributed by atoms with Gasteiger partial charge < -0.3 is 20.7 Å². The van der Waals surface area contributed by atoms with E-state index in [0.717, 1.165) is 37.7 Å². The standard InChI is InChI=1S/C14H20N4O3/c1-10(13(19)17-14(15)20)16-11-3-2-4-12(9-11)18-5-7-21-8-6-18/h2-4,9-10,16H,5-8H2,1H3,(H3,15,17,19,20). The summed E-state index contributed by atoms with van der Waals surface area (Å²) in [5.41, 5.74) is 6.82. The Morgan fingerprint density at radius 2 is 2.05 bits per heavy atom. The molecule has 4 N–H and O–H groups in total. The number of urea groups is 1. The summed E-state index contributed by atoms with van der Waals surface area (Å²) >= 11 is 0.